The van der Waals surface area contributed by atoms with Gasteiger partial charge in [-0.1, -0.05) is 12.1 Å². The maximum atomic E-state index is 6.04. The highest BCUT2D eigenvalue weighted by Crippen LogP contribution is 2.33. The molecule has 0 atom stereocenters. The zero-order chi connectivity index (χ0) is 14.4. The molecule has 106 valence electrons. The van der Waals surface area contributed by atoms with Crippen LogP contribution in [0, 0.1) is 0 Å². The van der Waals surface area contributed by atoms with Gasteiger partial charge in [0, 0.05) is 11.3 Å². The molecule has 3 aromatic rings. The third-order valence-corrected chi connectivity index (χ3v) is 3.67. The second-order valence-electron chi connectivity index (χ2n) is 5.06. The van der Waals surface area contributed by atoms with Crippen LogP contribution in [0.1, 0.15) is 6.04 Å². The first-order chi connectivity index (χ1) is 10.2. The minimum atomic E-state index is 0.198. The van der Waals surface area contributed by atoms with E-state index in [1.165, 1.54) is 6.33 Å². The Morgan fingerprint density at radius 1 is 1.10 bits per heavy atom. The maximum absolute atomic E-state index is 6.04. The molecule has 1 aromatic carbocycles. The molecule has 1 aliphatic rings. The fourth-order valence-corrected chi connectivity index (χ4v) is 2.46. The minimum Gasteiger partial charge on any atom is -0.399 e. The van der Waals surface area contributed by atoms with E-state index in [4.69, 9.17) is 16.2 Å². The smallest absolute Gasteiger partial charge is 0.164 e. The molecule has 7 heteroatoms. The third kappa shape index (κ3) is 1.82. The summed E-state index contributed by atoms with van der Waals surface area (Å²) in [6.45, 7) is 1.28. The van der Waals surface area contributed by atoms with Crippen LogP contribution in [-0.4, -0.2) is 33.0 Å². The zero-order valence-electron chi connectivity index (χ0n) is 11.2. The summed E-state index contributed by atoms with van der Waals surface area (Å²) in [7, 11) is 0. The molecule has 0 amide bonds. The van der Waals surface area contributed by atoms with Crippen LogP contribution in [0.4, 0.5) is 11.5 Å². The van der Waals surface area contributed by atoms with E-state index in [1.54, 1.807) is 0 Å². The lowest BCUT2D eigenvalue weighted by Crippen LogP contribution is -2.31. The molecule has 1 fully saturated rings. The van der Waals surface area contributed by atoms with Gasteiger partial charge in [-0.2, -0.15) is 5.10 Å². The molecule has 3 heterocycles. The fourth-order valence-electron chi connectivity index (χ4n) is 2.46. The Labute approximate surface area is 120 Å². The number of benzene rings is 1. The Balaban J connectivity index is 1.97. The number of nitrogens with two attached hydrogens (primary N) is 2. The Morgan fingerprint density at radius 3 is 2.52 bits per heavy atom. The van der Waals surface area contributed by atoms with Gasteiger partial charge in [-0.05, 0) is 12.1 Å². The average Bonchev–Trinajstić information content (AvgIpc) is 2.79. The van der Waals surface area contributed by atoms with Gasteiger partial charge >= 0.3 is 0 Å². The number of fused-ring (bicyclic) bond motifs is 1. The number of nitrogens with zero attached hydrogens (tertiary/aromatic N) is 4. The van der Waals surface area contributed by atoms with Gasteiger partial charge in [0.25, 0.3) is 0 Å². The first-order valence-corrected chi connectivity index (χ1v) is 6.66. The summed E-state index contributed by atoms with van der Waals surface area (Å²) >= 11 is 0. The number of anilines is 2. The summed E-state index contributed by atoms with van der Waals surface area (Å²) in [5.74, 6) is 0.429. The summed E-state index contributed by atoms with van der Waals surface area (Å²) in [5, 5.41) is 5.46. The largest absolute Gasteiger partial charge is 0.399 e. The van der Waals surface area contributed by atoms with Gasteiger partial charge in [-0.3, -0.25) is 0 Å². The van der Waals surface area contributed by atoms with Crippen molar-refractivity contribution >= 4 is 22.5 Å². The topological polar surface area (TPSA) is 105 Å². The second kappa shape index (κ2) is 4.42. The van der Waals surface area contributed by atoms with Gasteiger partial charge in [0.05, 0.1) is 18.6 Å². The molecular formula is C14H14N6O. The molecule has 0 aliphatic carbocycles. The van der Waals surface area contributed by atoms with Crippen LogP contribution < -0.4 is 11.5 Å². The van der Waals surface area contributed by atoms with Crippen LogP contribution in [0.2, 0.25) is 0 Å². The van der Waals surface area contributed by atoms with E-state index in [-0.39, 0.29) is 6.04 Å². The first-order valence-electron chi connectivity index (χ1n) is 6.66. The molecule has 1 aliphatic heterocycles. The lowest BCUT2D eigenvalue weighted by Gasteiger charge is -2.26. The van der Waals surface area contributed by atoms with Crippen LogP contribution in [0.3, 0.4) is 0 Å². The van der Waals surface area contributed by atoms with E-state index < -0.39 is 0 Å². The lowest BCUT2D eigenvalue weighted by molar-refractivity contribution is -0.0268. The summed E-state index contributed by atoms with van der Waals surface area (Å²) < 4.78 is 7.12. The summed E-state index contributed by atoms with van der Waals surface area (Å²) in [6, 6.07) is 7.72. The number of rotatable bonds is 2. The highest BCUT2D eigenvalue weighted by Gasteiger charge is 2.26. The predicted molar refractivity (Wildman–Crippen MR) is 79.4 cm³/mol. The Hall–Kier alpha value is -2.67. The molecular weight excluding hydrogens is 268 g/mol. The molecule has 4 rings (SSSR count). The standard InChI is InChI=1S/C14H14N6O/c15-9-3-1-8(2-4-9)12-11-13(16)17-7-18-14(11)20(19-12)10-5-21-6-10/h1-4,7,10H,5-6,15H2,(H2,16,17,18). The van der Waals surface area contributed by atoms with E-state index >= 15 is 0 Å². The van der Waals surface area contributed by atoms with E-state index in [0.29, 0.717) is 24.7 Å². The van der Waals surface area contributed by atoms with Crippen molar-refractivity contribution in [2.24, 2.45) is 0 Å². The summed E-state index contributed by atoms with van der Waals surface area (Å²) in [5.41, 5.74) is 14.9. The third-order valence-electron chi connectivity index (χ3n) is 3.67. The molecule has 21 heavy (non-hydrogen) atoms. The number of ether oxygens (including phenoxy) is 1. The molecule has 0 saturated carbocycles. The van der Waals surface area contributed by atoms with Crippen molar-refractivity contribution in [1.29, 1.82) is 0 Å². The zero-order valence-corrected chi connectivity index (χ0v) is 11.2. The quantitative estimate of drug-likeness (QED) is 0.685. The van der Waals surface area contributed by atoms with E-state index in [1.807, 2.05) is 28.9 Å². The Bertz CT molecular complexity index is 806. The molecule has 0 unspecified atom stereocenters. The van der Waals surface area contributed by atoms with Crippen molar-refractivity contribution in [2.75, 3.05) is 24.7 Å². The van der Waals surface area contributed by atoms with Crippen LogP contribution in [-0.2, 0) is 4.74 Å². The van der Waals surface area contributed by atoms with Gasteiger partial charge in [-0.25, -0.2) is 14.6 Å². The summed E-state index contributed by atoms with van der Waals surface area (Å²) in [4.78, 5) is 8.42. The monoisotopic (exact) mass is 282 g/mol. The van der Waals surface area contributed by atoms with Gasteiger partial charge < -0.3 is 16.2 Å². The van der Waals surface area contributed by atoms with Crippen molar-refractivity contribution in [2.45, 2.75) is 6.04 Å². The molecule has 0 radical (unpaired) electrons. The summed E-state index contributed by atoms with van der Waals surface area (Å²) in [6.07, 6.45) is 1.46. The molecule has 7 nitrogen and oxygen atoms in total. The van der Waals surface area contributed by atoms with Crippen molar-refractivity contribution < 1.29 is 4.74 Å². The van der Waals surface area contributed by atoms with Crippen molar-refractivity contribution in [3.8, 4) is 11.3 Å². The lowest BCUT2D eigenvalue weighted by atomic mass is 10.1. The van der Waals surface area contributed by atoms with Gasteiger partial charge in [-0.15, -0.1) is 0 Å². The van der Waals surface area contributed by atoms with Crippen LogP contribution in [0.25, 0.3) is 22.3 Å². The van der Waals surface area contributed by atoms with E-state index in [9.17, 15) is 0 Å². The number of hydrogen-bond donors (Lipinski definition) is 2. The maximum Gasteiger partial charge on any atom is 0.164 e. The molecule has 4 N–H and O–H groups in total. The Kier molecular flexibility index (Phi) is 2.55. The van der Waals surface area contributed by atoms with Crippen LogP contribution in [0.5, 0.6) is 0 Å². The fraction of sp³-hybridized carbons (Fsp3) is 0.214. The molecule has 2 aromatic heterocycles. The minimum absolute atomic E-state index is 0.198. The highest BCUT2D eigenvalue weighted by molar-refractivity contribution is 5.98. The van der Waals surface area contributed by atoms with Crippen molar-refractivity contribution in [3.05, 3.63) is 30.6 Å². The normalized spacial score (nSPS) is 15.2. The predicted octanol–water partition coefficient (Wildman–Crippen LogP) is 1.23. The van der Waals surface area contributed by atoms with Crippen LogP contribution >= 0.6 is 0 Å². The highest BCUT2D eigenvalue weighted by atomic mass is 16.5. The van der Waals surface area contributed by atoms with Gasteiger partial charge in [0.1, 0.15) is 23.9 Å². The number of nitrogen functional groups attached to an aromatic ring is 2. The average molecular weight is 282 g/mol. The molecule has 0 spiro atoms. The number of aromatic nitrogens is 4. The SMILES string of the molecule is Nc1ccc(-c2nn(C3COC3)c3ncnc(N)c23)cc1. The molecule has 1 saturated heterocycles. The van der Waals surface area contributed by atoms with Crippen molar-refractivity contribution in [1.82, 2.24) is 19.7 Å². The molecule has 0 bridgehead atoms. The first kappa shape index (κ1) is 12.1. The Morgan fingerprint density at radius 2 is 1.86 bits per heavy atom. The van der Waals surface area contributed by atoms with Crippen LogP contribution in [0.15, 0.2) is 30.6 Å². The number of hydrogen-bond acceptors (Lipinski definition) is 6. The van der Waals surface area contributed by atoms with Gasteiger partial charge in [0.15, 0.2) is 5.65 Å². The van der Waals surface area contributed by atoms with E-state index in [2.05, 4.69) is 15.1 Å². The van der Waals surface area contributed by atoms with Gasteiger partial charge in [0.2, 0.25) is 0 Å². The van der Waals surface area contributed by atoms with E-state index in [0.717, 1.165) is 22.3 Å². The second-order valence-corrected chi connectivity index (χ2v) is 5.06. The van der Waals surface area contributed by atoms with Crippen molar-refractivity contribution in [3.63, 3.8) is 0 Å².